The summed E-state index contributed by atoms with van der Waals surface area (Å²) in [4.78, 5) is 23.2. The molecule has 0 bridgehead atoms. The standard InChI is InChI=1S/C16H19N3O6/c1-24-15(22)13-11(7-18-19-13)14(21)12(20)8-17-16(23)25-9-10-5-3-2-4-6-10/h2-7,12,14,20-21H,8-9H2,1H3,(H,17,23)(H,18,19). The van der Waals surface area contributed by atoms with E-state index in [2.05, 4.69) is 20.3 Å². The van der Waals surface area contributed by atoms with Gasteiger partial charge in [-0.15, -0.1) is 0 Å². The van der Waals surface area contributed by atoms with E-state index >= 15 is 0 Å². The van der Waals surface area contributed by atoms with Crippen LogP contribution >= 0.6 is 0 Å². The molecule has 25 heavy (non-hydrogen) atoms. The lowest BCUT2D eigenvalue weighted by atomic mass is 10.1. The highest BCUT2D eigenvalue weighted by Crippen LogP contribution is 2.19. The number of benzene rings is 1. The molecular weight excluding hydrogens is 330 g/mol. The van der Waals surface area contributed by atoms with Crippen molar-refractivity contribution in [3.8, 4) is 0 Å². The number of ether oxygens (including phenoxy) is 2. The molecule has 2 aromatic rings. The zero-order chi connectivity index (χ0) is 18.2. The molecule has 2 unspecified atom stereocenters. The number of nitrogens with zero attached hydrogens (tertiary/aromatic N) is 1. The second-order valence-corrected chi connectivity index (χ2v) is 5.15. The second kappa shape index (κ2) is 8.81. The Morgan fingerprint density at radius 3 is 2.68 bits per heavy atom. The molecule has 9 nitrogen and oxygen atoms in total. The Morgan fingerprint density at radius 2 is 2.00 bits per heavy atom. The maximum absolute atomic E-state index is 11.6. The first-order chi connectivity index (χ1) is 12.0. The topological polar surface area (TPSA) is 134 Å². The third-order valence-corrected chi connectivity index (χ3v) is 3.41. The van der Waals surface area contributed by atoms with Crippen LogP contribution in [0.4, 0.5) is 4.79 Å². The van der Waals surface area contributed by atoms with Gasteiger partial charge >= 0.3 is 12.1 Å². The predicted molar refractivity (Wildman–Crippen MR) is 85.5 cm³/mol. The van der Waals surface area contributed by atoms with Gasteiger partial charge in [0, 0.05) is 12.1 Å². The number of aromatic amines is 1. The summed E-state index contributed by atoms with van der Waals surface area (Å²) in [6.45, 7) is -0.194. The van der Waals surface area contributed by atoms with E-state index in [0.29, 0.717) is 0 Å². The Morgan fingerprint density at radius 1 is 1.28 bits per heavy atom. The first-order valence-electron chi connectivity index (χ1n) is 7.45. The maximum atomic E-state index is 11.6. The minimum absolute atomic E-state index is 0.0683. The predicted octanol–water partition coefficient (Wildman–Crippen LogP) is 0.517. The van der Waals surface area contributed by atoms with Gasteiger partial charge in [0.1, 0.15) is 24.5 Å². The largest absolute Gasteiger partial charge is 0.464 e. The number of hydrogen-bond donors (Lipinski definition) is 4. The van der Waals surface area contributed by atoms with Gasteiger partial charge < -0.3 is 25.0 Å². The Kier molecular flexibility index (Phi) is 6.49. The lowest BCUT2D eigenvalue weighted by molar-refractivity contribution is 0.0171. The van der Waals surface area contributed by atoms with E-state index < -0.39 is 24.3 Å². The smallest absolute Gasteiger partial charge is 0.407 e. The highest BCUT2D eigenvalue weighted by atomic mass is 16.5. The van der Waals surface area contributed by atoms with Crippen LogP contribution in [0.2, 0.25) is 0 Å². The van der Waals surface area contributed by atoms with E-state index in [1.165, 1.54) is 13.3 Å². The molecule has 9 heteroatoms. The Bertz CT molecular complexity index is 703. The fourth-order valence-corrected chi connectivity index (χ4v) is 2.07. The van der Waals surface area contributed by atoms with Crippen LogP contribution < -0.4 is 5.32 Å². The van der Waals surface area contributed by atoms with Gasteiger partial charge in [0.2, 0.25) is 0 Å². The number of hydrogen-bond acceptors (Lipinski definition) is 7. The number of aliphatic hydroxyl groups is 2. The number of nitrogens with one attached hydrogen (secondary N) is 2. The van der Waals surface area contributed by atoms with Gasteiger partial charge in [0.05, 0.1) is 13.3 Å². The number of H-pyrrole nitrogens is 1. The molecule has 0 spiro atoms. The average molecular weight is 349 g/mol. The first kappa shape index (κ1) is 18.4. The summed E-state index contributed by atoms with van der Waals surface area (Å²) in [5.41, 5.74) is 0.818. The summed E-state index contributed by atoms with van der Waals surface area (Å²) in [6, 6.07) is 9.10. The van der Waals surface area contributed by atoms with Gasteiger partial charge in [-0.25, -0.2) is 9.59 Å². The number of aliphatic hydroxyl groups excluding tert-OH is 2. The van der Waals surface area contributed by atoms with Crippen LogP contribution in [0.15, 0.2) is 36.5 Å². The fourth-order valence-electron chi connectivity index (χ4n) is 2.07. The molecule has 0 aliphatic heterocycles. The van der Waals surface area contributed by atoms with Gasteiger partial charge in [0.15, 0.2) is 0 Å². The van der Waals surface area contributed by atoms with Crippen molar-refractivity contribution < 1.29 is 29.3 Å². The molecule has 1 aromatic carbocycles. The summed E-state index contributed by atoms with van der Waals surface area (Å²) in [6.07, 6.45) is -2.35. The highest BCUT2D eigenvalue weighted by molar-refractivity contribution is 5.88. The maximum Gasteiger partial charge on any atom is 0.407 e. The van der Waals surface area contributed by atoms with Crippen LogP contribution in [0.1, 0.15) is 27.7 Å². The van der Waals surface area contributed by atoms with Crippen LogP contribution in [0, 0.1) is 0 Å². The molecular formula is C16H19N3O6. The van der Waals surface area contributed by atoms with Gasteiger partial charge in [-0.05, 0) is 5.56 Å². The summed E-state index contributed by atoms with van der Waals surface area (Å²) in [5, 5.41) is 28.5. The Hall–Kier alpha value is -2.91. The van der Waals surface area contributed by atoms with E-state index in [4.69, 9.17) is 4.74 Å². The van der Waals surface area contributed by atoms with Crippen LogP contribution in [0.5, 0.6) is 0 Å². The molecule has 1 heterocycles. The molecule has 0 fully saturated rings. The molecule has 0 saturated heterocycles. The first-order valence-corrected chi connectivity index (χ1v) is 7.45. The number of rotatable bonds is 7. The molecule has 1 amide bonds. The normalized spacial score (nSPS) is 12.9. The zero-order valence-corrected chi connectivity index (χ0v) is 13.5. The molecule has 2 atom stereocenters. The summed E-state index contributed by atoms with van der Waals surface area (Å²) in [5.74, 6) is -0.728. The van der Waals surface area contributed by atoms with Crippen molar-refractivity contribution in [1.82, 2.24) is 15.5 Å². The summed E-state index contributed by atoms with van der Waals surface area (Å²) < 4.78 is 9.54. The molecule has 0 aliphatic carbocycles. The van der Waals surface area contributed by atoms with Crippen molar-refractivity contribution in [1.29, 1.82) is 0 Å². The van der Waals surface area contributed by atoms with Crippen molar-refractivity contribution in [3.05, 3.63) is 53.3 Å². The zero-order valence-electron chi connectivity index (χ0n) is 13.5. The van der Waals surface area contributed by atoms with Gasteiger partial charge in [-0.2, -0.15) is 5.10 Å². The number of carbonyl (C=O) groups is 2. The number of carbonyl (C=O) groups excluding carboxylic acids is 2. The van der Waals surface area contributed by atoms with Crippen molar-refractivity contribution >= 4 is 12.1 Å². The third-order valence-electron chi connectivity index (χ3n) is 3.41. The van der Waals surface area contributed by atoms with E-state index in [-0.39, 0.29) is 24.4 Å². The molecule has 2 rings (SSSR count). The molecule has 0 saturated carbocycles. The van der Waals surface area contributed by atoms with Crippen molar-refractivity contribution in [3.63, 3.8) is 0 Å². The lowest BCUT2D eigenvalue weighted by Gasteiger charge is -2.18. The summed E-state index contributed by atoms with van der Waals surface area (Å²) >= 11 is 0. The SMILES string of the molecule is COC(=O)c1[nH]ncc1C(O)C(O)CNC(=O)OCc1ccccc1. The van der Waals surface area contributed by atoms with Crippen LogP contribution in [0.25, 0.3) is 0 Å². The van der Waals surface area contributed by atoms with Gasteiger partial charge in [-0.3, -0.25) is 5.10 Å². The minimum atomic E-state index is -1.44. The fraction of sp³-hybridized carbons (Fsp3) is 0.312. The van der Waals surface area contributed by atoms with Crippen LogP contribution in [-0.2, 0) is 16.1 Å². The molecule has 4 N–H and O–H groups in total. The molecule has 1 aromatic heterocycles. The molecule has 0 aliphatic rings. The van der Waals surface area contributed by atoms with Crippen molar-refractivity contribution in [2.45, 2.75) is 18.8 Å². The molecule has 134 valence electrons. The van der Waals surface area contributed by atoms with E-state index in [1.54, 1.807) is 12.1 Å². The monoisotopic (exact) mass is 349 g/mol. The quantitative estimate of drug-likeness (QED) is 0.535. The molecule has 0 radical (unpaired) electrons. The van der Waals surface area contributed by atoms with Crippen LogP contribution in [-0.4, -0.2) is 52.2 Å². The average Bonchev–Trinajstić information content (AvgIpc) is 3.13. The minimum Gasteiger partial charge on any atom is -0.464 e. The van der Waals surface area contributed by atoms with Gasteiger partial charge in [0.25, 0.3) is 0 Å². The lowest BCUT2D eigenvalue weighted by Crippen LogP contribution is -2.36. The highest BCUT2D eigenvalue weighted by Gasteiger charge is 2.26. The Labute approximate surface area is 143 Å². The van der Waals surface area contributed by atoms with Crippen molar-refractivity contribution in [2.75, 3.05) is 13.7 Å². The number of aromatic nitrogens is 2. The second-order valence-electron chi connectivity index (χ2n) is 5.15. The number of amides is 1. The van der Waals surface area contributed by atoms with E-state index in [1.807, 2.05) is 18.2 Å². The van der Waals surface area contributed by atoms with E-state index in [0.717, 1.165) is 5.56 Å². The number of esters is 1. The Balaban J connectivity index is 1.83. The third kappa shape index (κ3) is 5.03. The van der Waals surface area contributed by atoms with Gasteiger partial charge in [-0.1, -0.05) is 30.3 Å². The number of methoxy groups -OCH3 is 1. The number of alkyl carbamates (subject to hydrolysis) is 1. The van der Waals surface area contributed by atoms with Crippen LogP contribution in [0.3, 0.4) is 0 Å². The summed E-state index contributed by atoms with van der Waals surface area (Å²) in [7, 11) is 1.18. The van der Waals surface area contributed by atoms with E-state index in [9.17, 15) is 19.8 Å². The van der Waals surface area contributed by atoms with Crippen molar-refractivity contribution in [2.24, 2.45) is 0 Å².